The Kier molecular flexibility index (Phi) is 4.78. The van der Waals surface area contributed by atoms with Crippen molar-refractivity contribution in [2.75, 3.05) is 4.90 Å². The van der Waals surface area contributed by atoms with Gasteiger partial charge in [0.1, 0.15) is 12.0 Å². The number of fused-ring (bicyclic) bond motifs is 1. The molecule has 3 rings (SSSR count). The molecule has 1 unspecified atom stereocenters. The van der Waals surface area contributed by atoms with E-state index < -0.39 is 6.10 Å². The van der Waals surface area contributed by atoms with Gasteiger partial charge in [0.05, 0.1) is 12.2 Å². The molecule has 6 heteroatoms. The SMILES string of the molecule is CCC1Oc2ccc(C=O)cc2N(Cc2c(Cl)cccc2Cl)C1=O. The number of carbonyl (C=O) groups excluding carboxylic acids is 2. The van der Waals surface area contributed by atoms with Crippen molar-refractivity contribution < 1.29 is 14.3 Å². The third-order valence-electron chi connectivity index (χ3n) is 3.97. The Balaban J connectivity index is 2.08. The van der Waals surface area contributed by atoms with E-state index in [-0.39, 0.29) is 12.5 Å². The first-order chi connectivity index (χ1) is 11.5. The summed E-state index contributed by atoms with van der Waals surface area (Å²) in [6.07, 6.45) is 0.707. The van der Waals surface area contributed by atoms with Crippen molar-refractivity contribution >= 4 is 41.1 Å². The molecule has 0 fully saturated rings. The van der Waals surface area contributed by atoms with Gasteiger partial charge in [0.15, 0.2) is 6.10 Å². The van der Waals surface area contributed by atoms with Crippen molar-refractivity contribution in [2.24, 2.45) is 0 Å². The van der Waals surface area contributed by atoms with Crippen LogP contribution in [-0.4, -0.2) is 18.3 Å². The number of anilines is 1. The fourth-order valence-corrected chi connectivity index (χ4v) is 3.19. The van der Waals surface area contributed by atoms with Crippen LogP contribution in [0, 0.1) is 0 Å². The molecule has 0 saturated carbocycles. The van der Waals surface area contributed by atoms with E-state index in [1.54, 1.807) is 41.3 Å². The van der Waals surface area contributed by atoms with E-state index in [0.29, 0.717) is 39.0 Å². The minimum absolute atomic E-state index is 0.177. The Bertz CT molecular complexity index is 787. The summed E-state index contributed by atoms with van der Waals surface area (Å²) in [7, 11) is 0. The Morgan fingerprint density at radius 2 is 1.92 bits per heavy atom. The number of amides is 1. The molecule has 0 bridgehead atoms. The fourth-order valence-electron chi connectivity index (χ4n) is 2.68. The zero-order chi connectivity index (χ0) is 17.3. The van der Waals surface area contributed by atoms with Crippen molar-refractivity contribution in [3.63, 3.8) is 0 Å². The number of nitrogens with zero attached hydrogens (tertiary/aromatic N) is 1. The molecule has 2 aromatic carbocycles. The van der Waals surface area contributed by atoms with Crippen molar-refractivity contribution in [3.05, 3.63) is 57.6 Å². The number of aldehydes is 1. The summed E-state index contributed by atoms with van der Waals surface area (Å²) in [4.78, 5) is 25.4. The van der Waals surface area contributed by atoms with Gasteiger partial charge in [0.25, 0.3) is 5.91 Å². The molecule has 0 saturated heterocycles. The van der Waals surface area contributed by atoms with Gasteiger partial charge in [-0.15, -0.1) is 0 Å². The highest BCUT2D eigenvalue weighted by molar-refractivity contribution is 6.36. The van der Waals surface area contributed by atoms with Gasteiger partial charge < -0.3 is 9.64 Å². The van der Waals surface area contributed by atoms with Crippen molar-refractivity contribution in [1.29, 1.82) is 0 Å². The van der Waals surface area contributed by atoms with Gasteiger partial charge in [-0.1, -0.05) is 36.2 Å². The van der Waals surface area contributed by atoms with Crippen LogP contribution in [0.5, 0.6) is 5.75 Å². The normalized spacial score (nSPS) is 16.5. The van der Waals surface area contributed by atoms with E-state index in [9.17, 15) is 9.59 Å². The Morgan fingerprint density at radius 3 is 2.54 bits per heavy atom. The van der Waals surface area contributed by atoms with E-state index >= 15 is 0 Å². The lowest BCUT2D eigenvalue weighted by Crippen LogP contribution is -2.45. The minimum atomic E-state index is -0.569. The standard InChI is InChI=1S/C18H15Cl2NO3/c1-2-16-18(23)21(9-12-13(19)4-3-5-14(12)20)15-8-11(10-22)6-7-17(15)24-16/h3-8,10,16H,2,9H2,1H3. The topological polar surface area (TPSA) is 46.6 Å². The zero-order valence-electron chi connectivity index (χ0n) is 13.0. The first-order valence-corrected chi connectivity index (χ1v) is 8.31. The van der Waals surface area contributed by atoms with E-state index in [0.717, 1.165) is 6.29 Å². The second kappa shape index (κ2) is 6.83. The Hall–Kier alpha value is -2.04. The van der Waals surface area contributed by atoms with E-state index in [2.05, 4.69) is 0 Å². The number of halogens is 2. The predicted molar refractivity (Wildman–Crippen MR) is 94.2 cm³/mol. The van der Waals surface area contributed by atoms with Crippen LogP contribution in [-0.2, 0) is 11.3 Å². The minimum Gasteiger partial charge on any atom is -0.478 e. The molecule has 1 amide bonds. The van der Waals surface area contributed by atoms with Crippen molar-refractivity contribution in [1.82, 2.24) is 0 Å². The summed E-state index contributed by atoms with van der Waals surface area (Å²) in [6.45, 7) is 2.10. The summed E-state index contributed by atoms with van der Waals surface area (Å²) in [5.41, 5.74) is 1.68. The van der Waals surface area contributed by atoms with Gasteiger partial charge >= 0.3 is 0 Å². The van der Waals surface area contributed by atoms with E-state index in [1.807, 2.05) is 6.92 Å². The lowest BCUT2D eigenvalue weighted by Gasteiger charge is -2.34. The molecule has 1 atom stereocenters. The lowest BCUT2D eigenvalue weighted by molar-refractivity contribution is -0.126. The monoisotopic (exact) mass is 363 g/mol. The fraction of sp³-hybridized carbons (Fsp3) is 0.222. The van der Waals surface area contributed by atoms with Gasteiger partial charge in [-0.3, -0.25) is 9.59 Å². The molecule has 1 heterocycles. The van der Waals surface area contributed by atoms with Crippen LogP contribution in [0.3, 0.4) is 0 Å². The summed E-state index contributed by atoms with van der Waals surface area (Å²) >= 11 is 12.5. The van der Waals surface area contributed by atoms with Gasteiger partial charge in [-0.25, -0.2) is 0 Å². The Labute approximate surface area is 149 Å². The van der Waals surface area contributed by atoms with E-state index in [4.69, 9.17) is 27.9 Å². The van der Waals surface area contributed by atoms with Crippen molar-refractivity contribution in [3.8, 4) is 5.75 Å². The summed E-state index contributed by atoms with van der Waals surface area (Å²) in [5, 5.41) is 0.978. The smallest absolute Gasteiger partial charge is 0.268 e. The molecule has 2 aromatic rings. The highest BCUT2D eigenvalue weighted by Crippen LogP contribution is 2.38. The molecule has 124 valence electrons. The highest BCUT2D eigenvalue weighted by Gasteiger charge is 2.34. The molecule has 1 aliphatic rings. The van der Waals surface area contributed by atoms with E-state index in [1.165, 1.54) is 0 Å². The number of ether oxygens (including phenoxy) is 1. The maximum atomic E-state index is 12.8. The number of rotatable bonds is 4. The number of carbonyl (C=O) groups is 2. The summed E-state index contributed by atoms with van der Waals surface area (Å²) < 4.78 is 5.75. The first-order valence-electron chi connectivity index (χ1n) is 7.55. The zero-order valence-corrected chi connectivity index (χ0v) is 14.5. The number of hydrogen-bond donors (Lipinski definition) is 0. The van der Waals surface area contributed by atoms with Gasteiger partial charge in [-0.2, -0.15) is 0 Å². The molecule has 4 nitrogen and oxygen atoms in total. The van der Waals surface area contributed by atoms with Crippen LogP contribution in [0.25, 0.3) is 0 Å². The summed E-state index contributed by atoms with van der Waals surface area (Å²) in [6, 6.07) is 10.2. The second-order valence-electron chi connectivity index (χ2n) is 5.48. The maximum absolute atomic E-state index is 12.8. The molecule has 0 aromatic heterocycles. The average molecular weight is 364 g/mol. The molecule has 0 radical (unpaired) electrons. The maximum Gasteiger partial charge on any atom is 0.268 e. The van der Waals surface area contributed by atoms with Crippen molar-refractivity contribution in [2.45, 2.75) is 26.0 Å². The molecular weight excluding hydrogens is 349 g/mol. The molecule has 0 aliphatic carbocycles. The van der Waals surface area contributed by atoms with Crippen LogP contribution in [0.4, 0.5) is 5.69 Å². The lowest BCUT2D eigenvalue weighted by atomic mass is 10.1. The van der Waals surface area contributed by atoms with Gasteiger partial charge in [0, 0.05) is 21.2 Å². The number of benzene rings is 2. The quantitative estimate of drug-likeness (QED) is 0.750. The van der Waals surface area contributed by atoms with Gasteiger partial charge in [-0.05, 0) is 36.8 Å². The molecular formula is C18H15Cl2NO3. The average Bonchev–Trinajstić information content (AvgIpc) is 2.59. The molecule has 24 heavy (non-hydrogen) atoms. The van der Waals surface area contributed by atoms with Crippen LogP contribution < -0.4 is 9.64 Å². The predicted octanol–water partition coefficient (Wildman–Crippen LogP) is 4.51. The van der Waals surface area contributed by atoms with Crippen LogP contribution in [0.15, 0.2) is 36.4 Å². The Morgan fingerprint density at radius 1 is 1.21 bits per heavy atom. The molecule has 0 spiro atoms. The van der Waals surface area contributed by atoms with Gasteiger partial charge in [0.2, 0.25) is 0 Å². The highest BCUT2D eigenvalue weighted by atomic mass is 35.5. The van der Waals surface area contributed by atoms with Crippen LogP contribution in [0.1, 0.15) is 29.3 Å². The second-order valence-corrected chi connectivity index (χ2v) is 6.30. The molecule has 0 N–H and O–H groups in total. The first kappa shape index (κ1) is 16.8. The van der Waals surface area contributed by atoms with Crippen LogP contribution in [0.2, 0.25) is 10.0 Å². The summed E-state index contributed by atoms with van der Waals surface area (Å²) in [5.74, 6) is 0.388. The third kappa shape index (κ3) is 2.99. The largest absolute Gasteiger partial charge is 0.478 e. The third-order valence-corrected chi connectivity index (χ3v) is 4.68. The molecule has 1 aliphatic heterocycles. The van der Waals surface area contributed by atoms with Crippen LogP contribution >= 0.6 is 23.2 Å². The number of hydrogen-bond acceptors (Lipinski definition) is 3.